The number of hydrogen-bond donors (Lipinski definition) is 2. The van der Waals surface area contributed by atoms with Gasteiger partial charge in [0.15, 0.2) is 12.3 Å². The molecule has 4 nitrogen and oxygen atoms in total. The van der Waals surface area contributed by atoms with E-state index in [1.165, 1.54) is 19.1 Å². The third-order valence-corrected chi connectivity index (χ3v) is 4.91. The van der Waals surface area contributed by atoms with E-state index in [0.29, 0.717) is 17.0 Å². The van der Waals surface area contributed by atoms with Crippen molar-refractivity contribution >= 4 is 34.9 Å². The number of ketones is 1. The Balaban J connectivity index is 1.94. The van der Waals surface area contributed by atoms with Crippen molar-refractivity contribution < 1.29 is 19.3 Å². The summed E-state index contributed by atoms with van der Waals surface area (Å²) in [6, 6.07) is 11.3. The first-order valence-electron chi connectivity index (χ1n) is 8.59. The lowest BCUT2D eigenvalue weighted by molar-refractivity contribution is -0.682. The maximum Gasteiger partial charge on any atom is 0.275 e. The molecule has 0 saturated carbocycles. The molecule has 7 heteroatoms. The zero-order valence-electron chi connectivity index (χ0n) is 15.1. The molecule has 2 atom stereocenters. The average Bonchev–Trinajstić information content (AvgIpc) is 2.63. The first-order valence-corrected chi connectivity index (χ1v) is 9.35. The van der Waals surface area contributed by atoms with Crippen molar-refractivity contribution in [1.29, 1.82) is 0 Å². The van der Waals surface area contributed by atoms with Gasteiger partial charge in [0.05, 0.1) is 16.1 Å². The van der Waals surface area contributed by atoms with Gasteiger partial charge in [-0.25, -0.2) is 4.39 Å². The number of Topliss-reactive ketones (excluding diaryl/α,β-unsaturated/α-hetero) is 1. The molecule has 0 radical (unpaired) electrons. The number of carbonyl (C=O) groups is 2. The number of benzene rings is 2. The number of rotatable bonds is 8. The fourth-order valence-electron chi connectivity index (χ4n) is 2.70. The number of halogens is 3. The smallest absolute Gasteiger partial charge is 0.275 e. The lowest BCUT2D eigenvalue weighted by atomic mass is 10.0. The van der Waals surface area contributed by atoms with Crippen LogP contribution in [-0.2, 0) is 16.0 Å². The third kappa shape index (κ3) is 6.31. The lowest BCUT2D eigenvalue weighted by Gasteiger charge is -2.17. The Bertz CT molecular complexity index is 815. The molecule has 0 bridgehead atoms. The molecule has 0 heterocycles. The molecule has 3 N–H and O–H groups in total. The fraction of sp³-hybridized carbons (Fsp3) is 0.300. The first kappa shape index (κ1) is 21.4. The van der Waals surface area contributed by atoms with E-state index in [1.807, 2.05) is 37.3 Å². The molecule has 0 fully saturated rings. The maximum absolute atomic E-state index is 13.7. The summed E-state index contributed by atoms with van der Waals surface area (Å²) in [4.78, 5) is 24.1. The number of nitrogens with one attached hydrogen (secondary N) is 1. The maximum atomic E-state index is 13.7. The molecule has 0 aliphatic rings. The summed E-state index contributed by atoms with van der Waals surface area (Å²) < 4.78 is 13.7. The van der Waals surface area contributed by atoms with E-state index < -0.39 is 11.9 Å². The molecule has 2 aromatic rings. The van der Waals surface area contributed by atoms with Crippen molar-refractivity contribution in [3.63, 3.8) is 0 Å². The van der Waals surface area contributed by atoms with E-state index >= 15 is 0 Å². The second-order valence-electron chi connectivity index (χ2n) is 6.44. The standard InChI is InChI=1S/C20H21Cl2FN2O2/c1-12(15-9-18(23)17(22)10-16(15)21)24-11-20(27)25-19(13(2)26)8-14-6-4-3-5-7-14/h3-7,9-10,12,19,24H,8,11H2,1-2H3,(H,25,27)/p+1/t12-,19+/m0/s1. The molecule has 0 saturated heterocycles. The minimum absolute atomic E-state index is 0.0427. The number of hydrogen-bond acceptors (Lipinski definition) is 2. The SMILES string of the molecule is CC(=O)[C@@H](Cc1ccccc1)NC(=O)C[NH2+][C@@H](C)c1cc(F)c(Cl)cc1Cl. The molecule has 0 aliphatic heterocycles. The van der Waals surface area contributed by atoms with Crippen LogP contribution in [-0.4, -0.2) is 24.3 Å². The monoisotopic (exact) mass is 411 g/mol. The van der Waals surface area contributed by atoms with Gasteiger partial charge >= 0.3 is 0 Å². The predicted octanol–water partition coefficient (Wildman–Crippen LogP) is 3.07. The van der Waals surface area contributed by atoms with Crippen LogP contribution in [0.5, 0.6) is 0 Å². The van der Waals surface area contributed by atoms with Crippen LogP contribution in [0.4, 0.5) is 4.39 Å². The summed E-state index contributed by atoms with van der Waals surface area (Å²) >= 11 is 11.8. The number of quaternary nitrogens is 1. The van der Waals surface area contributed by atoms with E-state index in [4.69, 9.17) is 23.2 Å². The van der Waals surface area contributed by atoms with Crippen LogP contribution < -0.4 is 10.6 Å². The van der Waals surface area contributed by atoms with Gasteiger partial charge in [0.25, 0.3) is 5.91 Å². The summed E-state index contributed by atoms with van der Waals surface area (Å²) in [5, 5.41) is 4.79. The van der Waals surface area contributed by atoms with E-state index in [2.05, 4.69) is 5.32 Å². The highest BCUT2D eigenvalue weighted by atomic mass is 35.5. The molecule has 144 valence electrons. The van der Waals surface area contributed by atoms with Crippen LogP contribution in [0.1, 0.15) is 31.0 Å². The second-order valence-corrected chi connectivity index (χ2v) is 7.25. The average molecular weight is 412 g/mol. The third-order valence-electron chi connectivity index (χ3n) is 4.30. The molecule has 0 aliphatic carbocycles. The van der Waals surface area contributed by atoms with Crippen LogP contribution in [0.15, 0.2) is 42.5 Å². The number of amides is 1. The van der Waals surface area contributed by atoms with Crippen molar-refractivity contribution in [1.82, 2.24) is 5.32 Å². The normalized spacial score (nSPS) is 13.1. The fourth-order valence-corrected chi connectivity index (χ4v) is 3.25. The van der Waals surface area contributed by atoms with Gasteiger partial charge in [0.1, 0.15) is 11.9 Å². The van der Waals surface area contributed by atoms with Gasteiger partial charge in [-0.15, -0.1) is 0 Å². The van der Waals surface area contributed by atoms with Gasteiger partial charge in [-0.3, -0.25) is 9.59 Å². The van der Waals surface area contributed by atoms with Gasteiger partial charge in [-0.2, -0.15) is 0 Å². The summed E-state index contributed by atoms with van der Waals surface area (Å²) in [7, 11) is 0. The Kier molecular flexibility index (Phi) is 7.78. The zero-order chi connectivity index (χ0) is 20.0. The lowest BCUT2D eigenvalue weighted by Crippen LogP contribution is -2.87. The van der Waals surface area contributed by atoms with Crippen molar-refractivity contribution in [3.05, 3.63) is 69.5 Å². The van der Waals surface area contributed by atoms with E-state index in [-0.39, 0.29) is 29.3 Å². The molecule has 2 rings (SSSR count). The minimum atomic E-state index is -0.583. The Morgan fingerprint density at radius 1 is 1.15 bits per heavy atom. The Morgan fingerprint density at radius 3 is 2.44 bits per heavy atom. The summed E-state index contributed by atoms with van der Waals surface area (Å²) in [5.41, 5.74) is 1.53. The van der Waals surface area contributed by atoms with Crippen molar-refractivity contribution in [2.24, 2.45) is 0 Å². The molecule has 0 spiro atoms. The predicted molar refractivity (Wildman–Crippen MR) is 104 cm³/mol. The van der Waals surface area contributed by atoms with Gasteiger partial charge in [0.2, 0.25) is 0 Å². The Morgan fingerprint density at radius 2 is 1.81 bits per heavy atom. The van der Waals surface area contributed by atoms with Crippen molar-refractivity contribution in [3.8, 4) is 0 Å². The largest absolute Gasteiger partial charge is 0.341 e. The molecule has 2 aromatic carbocycles. The van der Waals surface area contributed by atoms with Crippen molar-refractivity contribution in [2.45, 2.75) is 32.4 Å². The topological polar surface area (TPSA) is 62.8 Å². The van der Waals surface area contributed by atoms with Gasteiger partial charge < -0.3 is 10.6 Å². The summed E-state index contributed by atoms with van der Waals surface area (Å²) in [6.45, 7) is 3.35. The molecule has 27 heavy (non-hydrogen) atoms. The van der Waals surface area contributed by atoms with E-state index in [0.717, 1.165) is 5.56 Å². The van der Waals surface area contributed by atoms with E-state index in [1.54, 1.807) is 5.32 Å². The van der Waals surface area contributed by atoms with Gasteiger partial charge in [-0.05, 0) is 38.0 Å². The summed E-state index contributed by atoms with van der Waals surface area (Å²) in [6.07, 6.45) is 0.436. The van der Waals surface area contributed by atoms with Crippen LogP contribution in [0.25, 0.3) is 0 Å². The summed E-state index contributed by atoms with van der Waals surface area (Å²) in [5.74, 6) is -0.938. The van der Waals surface area contributed by atoms with Crippen LogP contribution in [0, 0.1) is 5.82 Å². The number of carbonyl (C=O) groups excluding carboxylic acids is 2. The number of nitrogens with two attached hydrogens (primary N) is 1. The molecular weight excluding hydrogens is 390 g/mol. The van der Waals surface area contributed by atoms with Crippen LogP contribution in [0.3, 0.4) is 0 Å². The first-order chi connectivity index (χ1) is 12.8. The highest BCUT2D eigenvalue weighted by Gasteiger charge is 2.21. The molecular formula is C20H22Cl2FN2O2+. The zero-order valence-corrected chi connectivity index (χ0v) is 16.6. The van der Waals surface area contributed by atoms with Crippen LogP contribution >= 0.6 is 23.2 Å². The highest BCUT2D eigenvalue weighted by Crippen LogP contribution is 2.27. The van der Waals surface area contributed by atoms with Crippen molar-refractivity contribution in [2.75, 3.05) is 6.54 Å². The second kappa shape index (κ2) is 9.83. The Hall–Kier alpha value is -1.95. The van der Waals surface area contributed by atoms with E-state index in [9.17, 15) is 14.0 Å². The molecule has 0 aromatic heterocycles. The van der Waals surface area contributed by atoms with Gasteiger partial charge in [0, 0.05) is 5.56 Å². The Labute approximate surface area is 168 Å². The highest BCUT2D eigenvalue weighted by molar-refractivity contribution is 6.35. The van der Waals surface area contributed by atoms with Crippen LogP contribution in [0.2, 0.25) is 10.0 Å². The molecule has 0 unspecified atom stereocenters. The van der Waals surface area contributed by atoms with Gasteiger partial charge in [-0.1, -0.05) is 53.5 Å². The quantitative estimate of drug-likeness (QED) is 0.655. The minimum Gasteiger partial charge on any atom is -0.341 e. The molecule has 1 amide bonds.